The Kier molecular flexibility index (Phi) is 5.50. The zero-order valence-corrected chi connectivity index (χ0v) is 16.3. The van der Waals surface area contributed by atoms with Crippen LogP contribution < -0.4 is 5.32 Å². The zero-order chi connectivity index (χ0) is 21.3. The molecular formula is C24H21F2NO3. The van der Waals surface area contributed by atoms with Gasteiger partial charge in [0.1, 0.15) is 6.61 Å². The summed E-state index contributed by atoms with van der Waals surface area (Å²) in [6.45, 7) is 1.71. The first-order valence-corrected chi connectivity index (χ1v) is 9.70. The second kappa shape index (κ2) is 8.24. The quantitative estimate of drug-likeness (QED) is 0.629. The van der Waals surface area contributed by atoms with Crippen molar-refractivity contribution in [2.75, 3.05) is 6.61 Å². The van der Waals surface area contributed by atoms with E-state index < -0.39 is 29.9 Å². The van der Waals surface area contributed by atoms with Crippen LogP contribution in [0, 0.1) is 11.6 Å². The summed E-state index contributed by atoms with van der Waals surface area (Å²) >= 11 is 0. The number of hydrogen-bond donors (Lipinski definition) is 2. The smallest absolute Gasteiger partial charge is 0.407 e. The van der Waals surface area contributed by atoms with Gasteiger partial charge in [0.2, 0.25) is 0 Å². The van der Waals surface area contributed by atoms with E-state index in [1.165, 1.54) is 6.07 Å². The highest BCUT2D eigenvalue weighted by atomic mass is 19.2. The number of aliphatic hydroxyl groups excluding tert-OH is 1. The molecule has 3 aromatic rings. The van der Waals surface area contributed by atoms with Gasteiger partial charge < -0.3 is 15.2 Å². The molecule has 2 unspecified atom stereocenters. The minimum Gasteiger partial charge on any atom is -0.449 e. The number of nitrogens with one attached hydrogen (secondary N) is 1. The molecule has 30 heavy (non-hydrogen) atoms. The van der Waals surface area contributed by atoms with Crippen molar-refractivity contribution in [2.24, 2.45) is 0 Å². The second-order valence-corrected chi connectivity index (χ2v) is 7.38. The molecule has 0 radical (unpaired) electrons. The maximum absolute atomic E-state index is 13.4. The lowest BCUT2D eigenvalue weighted by atomic mass is 9.98. The van der Waals surface area contributed by atoms with E-state index >= 15 is 0 Å². The first-order chi connectivity index (χ1) is 14.5. The SMILES string of the molecule is CC(NC(=O)OCC1c2ccccc2-c2ccccc21)C(O)c1ccc(F)c(F)c1. The summed E-state index contributed by atoms with van der Waals surface area (Å²) in [6.07, 6.45) is -1.90. The minimum atomic E-state index is -1.21. The van der Waals surface area contributed by atoms with Crippen molar-refractivity contribution in [3.05, 3.63) is 95.1 Å². The van der Waals surface area contributed by atoms with E-state index in [0.29, 0.717) is 0 Å². The van der Waals surface area contributed by atoms with Crippen LogP contribution in [-0.2, 0) is 4.74 Å². The predicted molar refractivity (Wildman–Crippen MR) is 109 cm³/mol. The molecule has 0 saturated heterocycles. The highest BCUT2D eigenvalue weighted by Crippen LogP contribution is 2.44. The molecule has 4 nitrogen and oxygen atoms in total. The number of rotatable bonds is 5. The van der Waals surface area contributed by atoms with Crippen molar-refractivity contribution in [2.45, 2.75) is 25.0 Å². The number of benzene rings is 3. The Labute approximate surface area is 173 Å². The predicted octanol–water partition coefficient (Wildman–Crippen LogP) is 4.93. The Morgan fingerprint density at radius 2 is 1.60 bits per heavy atom. The maximum atomic E-state index is 13.4. The third-order valence-corrected chi connectivity index (χ3v) is 5.45. The topological polar surface area (TPSA) is 58.6 Å². The minimum absolute atomic E-state index is 0.0745. The van der Waals surface area contributed by atoms with Gasteiger partial charge in [-0.25, -0.2) is 13.6 Å². The van der Waals surface area contributed by atoms with Crippen molar-refractivity contribution in [3.63, 3.8) is 0 Å². The van der Waals surface area contributed by atoms with E-state index in [2.05, 4.69) is 17.4 Å². The average Bonchev–Trinajstić information content (AvgIpc) is 3.07. The van der Waals surface area contributed by atoms with E-state index in [0.717, 1.165) is 34.4 Å². The molecule has 2 N–H and O–H groups in total. The monoisotopic (exact) mass is 409 g/mol. The van der Waals surface area contributed by atoms with Gasteiger partial charge in [0.15, 0.2) is 11.6 Å². The molecule has 154 valence electrons. The van der Waals surface area contributed by atoms with Crippen molar-refractivity contribution < 1.29 is 23.4 Å². The molecule has 1 aliphatic rings. The fourth-order valence-corrected chi connectivity index (χ4v) is 3.89. The fraction of sp³-hybridized carbons (Fsp3) is 0.208. The van der Waals surface area contributed by atoms with Gasteiger partial charge >= 0.3 is 6.09 Å². The van der Waals surface area contributed by atoms with Gasteiger partial charge in [-0.2, -0.15) is 0 Å². The van der Waals surface area contributed by atoms with Crippen molar-refractivity contribution in [1.29, 1.82) is 0 Å². The lowest BCUT2D eigenvalue weighted by molar-refractivity contribution is 0.108. The van der Waals surface area contributed by atoms with Gasteiger partial charge in [-0.05, 0) is 46.9 Å². The normalized spacial score (nSPS) is 14.5. The van der Waals surface area contributed by atoms with Gasteiger partial charge in [0.25, 0.3) is 0 Å². The Morgan fingerprint density at radius 1 is 1.00 bits per heavy atom. The number of carbonyl (C=O) groups is 1. The molecule has 1 amide bonds. The summed E-state index contributed by atoms with van der Waals surface area (Å²) < 4.78 is 31.9. The van der Waals surface area contributed by atoms with Crippen molar-refractivity contribution in [3.8, 4) is 11.1 Å². The van der Waals surface area contributed by atoms with Crippen LogP contribution in [0.15, 0.2) is 66.7 Å². The molecule has 0 spiro atoms. The molecule has 4 rings (SSSR count). The maximum Gasteiger partial charge on any atom is 0.407 e. The van der Waals surface area contributed by atoms with Gasteiger partial charge in [0, 0.05) is 5.92 Å². The van der Waals surface area contributed by atoms with Crippen molar-refractivity contribution >= 4 is 6.09 Å². The number of alkyl carbamates (subject to hydrolysis) is 1. The summed E-state index contributed by atoms with van der Waals surface area (Å²) in [5.41, 5.74) is 4.62. The largest absolute Gasteiger partial charge is 0.449 e. The Morgan fingerprint density at radius 3 is 2.20 bits per heavy atom. The fourth-order valence-electron chi connectivity index (χ4n) is 3.89. The van der Waals surface area contributed by atoms with E-state index in [1.54, 1.807) is 6.92 Å². The van der Waals surface area contributed by atoms with E-state index in [9.17, 15) is 18.7 Å². The standard InChI is InChI=1S/C24H21F2NO3/c1-14(23(28)15-10-11-21(25)22(26)12-15)27-24(29)30-13-20-18-8-4-2-6-16(18)17-7-3-5-9-19(17)20/h2-12,14,20,23,28H,13H2,1H3,(H,27,29). The molecule has 6 heteroatoms. The van der Waals surface area contributed by atoms with Crippen LogP contribution in [0.5, 0.6) is 0 Å². The number of carbonyl (C=O) groups excluding carboxylic acids is 1. The molecule has 0 saturated carbocycles. The molecule has 2 atom stereocenters. The molecular weight excluding hydrogens is 388 g/mol. The van der Waals surface area contributed by atoms with Crippen molar-refractivity contribution in [1.82, 2.24) is 5.32 Å². The van der Waals surface area contributed by atoms with Crippen LogP contribution in [0.1, 0.15) is 35.6 Å². The molecule has 3 aromatic carbocycles. The number of fused-ring (bicyclic) bond motifs is 3. The number of halogens is 2. The first-order valence-electron chi connectivity index (χ1n) is 9.70. The highest BCUT2D eigenvalue weighted by molar-refractivity contribution is 5.79. The van der Waals surface area contributed by atoms with Crippen LogP contribution in [0.25, 0.3) is 11.1 Å². The highest BCUT2D eigenvalue weighted by Gasteiger charge is 2.29. The Balaban J connectivity index is 1.41. The van der Waals surface area contributed by atoms with Crippen LogP contribution in [0.2, 0.25) is 0 Å². The summed E-state index contributed by atoms with van der Waals surface area (Å²) in [5.74, 6) is -2.13. The Bertz CT molecular complexity index is 1040. The summed E-state index contributed by atoms with van der Waals surface area (Å²) in [7, 11) is 0. The summed E-state index contributed by atoms with van der Waals surface area (Å²) in [6, 6.07) is 18.4. The van der Waals surface area contributed by atoms with Crippen LogP contribution in [0.4, 0.5) is 13.6 Å². The lowest BCUT2D eigenvalue weighted by Gasteiger charge is -2.21. The second-order valence-electron chi connectivity index (χ2n) is 7.38. The molecule has 1 aliphatic carbocycles. The first kappa shape index (κ1) is 20.0. The molecule has 0 aliphatic heterocycles. The van der Waals surface area contributed by atoms with E-state index in [4.69, 9.17) is 4.74 Å². The third-order valence-electron chi connectivity index (χ3n) is 5.45. The molecule has 0 fully saturated rings. The summed E-state index contributed by atoms with van der Waals surface area (Å²) in [5, 5.41) is 12.9. The molecule has 0 bridgehead atoms. The number of aliphatic hydroxyl groups is 1. The number of ether oxygens (including phenoxy) is 1. The number of amides is 1. The third kappa shape index (κ3) is 3.78. The zero-order valence-electron chi connectivity index (χ0n) is 16.3. The van der Waals surface area contributed by atoms with E-state index in [1.807, 2.05) is 36.4 Å². The summed E-state index contributed by atoms with van der Waals surface area (Å²) in [4.78, 5) is 12.3. The van der Waals surface area contributed by atoms with Gasteiger partial charge in [-0.3, -0.25) is 0 Å². The van der Waals surface area contributed by atoms with Crippen LogP contribution >= 0.6 is 0 Å². The lowest BCUT2D eigenvalue weighted by Crippen LogP contribution is -2.38. The van der Waals surface area contributed by atoms with Crippen LogP contribution in [-0.4, -0.2) is 23.8 Å². The van der Waals surface area contributed by atoms with Crippen LogP contribution in [0.3, 0.4) is 0 Å². The Hall–Kier alpha value is -3.25. The van der Waals surface area contributed by atoms with Gasteiger partial charge in [-0.1, -0.05) is 54.6 Å². The molecule has 0 aromatic heterocycles. The van der Waals surface area contributed by atoms with Gasteiger partial charge in [-0.15, -0.1) is 0 Å². The molecule has 0 heterocycles. The average molecular weight is 409 g/mol. The van der Waals surface area contributed by atoms with Gasteiger partial charge in [0.05, 0.1) is 12.1 Å². The number of hydrogen-bond acceptors (Lipinski definition) is 3. The van der Waals surface area contributed by atoms with E-state index in [-0.39, 0.29) is 18.1 Å².